The molecular weight excluding hydrogens is 296 g/mol. The Morgan fingerprint density at radius 2 is 1.85 bits per heavy atom. The smallest absolute Gasteiger partial charge is 0.261 e. The van der Waals surface area contributed by atoms with Gasteiger partial charge in [0.1, 0.15) is 5.75 Å². The van der Waals surface area contributed by atoms with Gasteiger partial charge in [0.05, 0.1) is 11.5 Å². The number of unbranched alkanes of at least 4 members (excludes halogenated alkanes) is 2. The molecule has 20 heavy (non-hydrogen) atoms. The van der Waals surface area contributed by atoms with Crippen molar-refractivity contribution in [3.8, 4) is 5.75 Å². The Kier molecular flexibility index (Phi) is 5.90. The highest BCUT2D eigenvalue weighted by Gasteiger charge is 2.22. The molecule has 1 rings (SSSR count). The van der Waals surface area contributed by atoms with E-state index in [2.05, 4.69) is 6.92 Å². The van der Waals surface area contributed by atoms with Crippen molar-refractivity contribution in [1.29, 1.82) is 0 Å². The zero-order valence-electron chi connectivity index (χ0n) is 12.6. The molecule has 0 bridgehead atoms. The molecule has 0 saturated carbocycles. The fraction of sp³-hybridized carbons (Fsp3) is 0.600. The summed E-state index contributed by atoms with van der Waals surface area (Å²) in [6.07, 6.45) is 3.26. The van der Waals surface area contributed by atoms with Crippen LogP contribution in [0.15, 0.2) is 23.1 Å². The van der Waals surface area contributed by atoms with E-state index in [1.54, 1.807) is 12.1 Å². The van der Waals surface area contributed by atoms with E-state index in [-0.39, 0.29) is 10.3 Å². The van der Waals surface area contributed by atoms with Crippen LogP contribution in [0.3, 0.4) is 0 Å². The number of ether oxygens (including phenoxy) is 1. The second-order valence-corrected chi connectivity index (χ2v) is 8.47. The maximum Gasteiger partial charge on any atom is 0.261 e. The van der Waals surface area contributed by atoms with Crippen LogP contribution in [-0.2, 0) is 14.5 Å². The summed E-state index contributed by atoms with van der Waals surface area (Å²) in [6, 6.07) is 4.80. The van der Waals surface area contributed by atoms with Gasteiger partial charge in [-0.25, -0.2) is 8.42 Å². The van der Waals surface area contributed by atoms with E-state index >= 15 is 0 Å². The fourth-order valence-electron chi connectivity index (χ4n) is 1.91. The third kappa shape index (κ3) is 4.98. The molecule has 0 aliphatic carbocycles. The quantitative estimate of drug-likeness (QED) is 0.573. The van der Waals surface area contributed by atoms with Crippen molar-refractivity contribution in [2.45, 2.75) is 57.3 Å². The van der Waals surface area contributed by atoms with Crippen LogP contribution < -0.4 is 4.74 Å². The molecule has 1 aromatic rings. The first kappa shape index (κ1) is 17.3. The fourth-order valence-corrected chi connectivity index (χ4v) is 2.68. The molecule has 0 heterocycles. The predicted octanol–water partition coefficient (Wildman–Crippen LogP) is 4.48. The summed E-state index contributed by atoms with van der Waals surface area (Å²) in [6.45, 7) is 8.84. The Hall–Kier alpha value is -0.740. The van der Waals surface area contributed by atoms with Crippen molar-refractivity contribution in [3.63, 3.8) is 0 Å². The lowest BCUT2D eigenvalue weighted by molar-refractivity contribution is 0.298. The Morgan fingerprint density at radius 3 is 2.35 bits per heavy atom. The summed E-state index contributed by atoms with van der Waals surface area (Å²) in [7, 11) is 1.70. The van der Waals surface area contributed by atoms with Gasteiger partial charge in [0.25, 0.3) is 9.05 Å². The van der Waals surface area contributed by atoms with Gasteiger partial charge >= 0.3 is 0 Å². The maximum atomic E-state index is 11.4. The van der Waals surface area contributed by atoms with Crippen LogP contribution in [0.1, 0.15) is 52.5 Å². The average molecular weight is 319 g/mol. The van der Waals surface area contributed by atoms with Gasteiger partial charge in [-0.2, -0.15) is 0 Å². The van der Waals surface area contributed by atoms with Crippen molar-refractivity contribution < 1.29 is 13.2 Å². The molecule has 1 aromatic carbocycles. The van der Waals surface area contributed by atoms with E-state index in [1.165, 1.54) is 6.07 Å². The highest BCUT2D eigenvalue weighted by Crippen LogP contribution is 2.34. The number of halogens is 1. The summed E-state index contributed by atoms with van der Waals surface area (Å²) in [5.74, 6) is 0.734. The summed E-state index contributed by atoms with van der Waals surface area (Å²) in [5.41, 5.74) is 0.647. The van der Waals surface area contributed by atoms with Crippen LogP contribution in [0, 0.1) is 0 Å². The van der Waals surface area contributed by atoms with Gasteiger partial charge in [0, 0.05) is 16.2 Å². The lowest BCUT2D eigenvalue weighted by Crippen LogP contribution is -2.14. The van der Waals surface area contributed by atoms with E-state index in [1.807, 2.05) is 20.8 Å². The molecule has 0 unspecified atom stereocenters. The molecule has 0 aliphatic heterocycles. The number of hydrogen-bond donors (Lipinski definition) is 0. The van der Waals surface area contributed by atoms with Crippen molar-refractivity contribution in [2.75, 3.05) is 6.61 Å². The van der Waals surface area contributed by atoms with E-state index < -0.39 is 9.05 Å². The van der Waals surface area contributed by atoms with Crippen LogP contribution in [-0.4, -0.2) is 15.0 Å². The molecule has 0 atom stereocenters. The van der Waals surface area contributed by atoms with Crippen LogP contribution in [0.2, 0.25) is 0 Å². The van der Waals surface area contributed by atoms with Crippen molar-refractivity contribution in [2.24, 2.45) is 0 Å². The van der Waals surface area contributed by atoms with Gasteiger partial charge in [0.15, 0.2) is 0 Å². The third-order valence-corrected chi connectivity index (χ3v) is 4.40. The lowest BCUT2D eigenvalue weighted by Gasteiger charge is -2.23. The highest BCUT2D eigenvalue weighted by atomic mass is 35.7. The van der Waals surface area contributed by atoms with Gasteiger partial charge in [-0.3, -0.25) is 0 Å². The molecule has 114 valence electrons. The number of benzene rings is 1. The van der Waals surface area contributed by atoms with Crippen LogP contribution in [0.25, 0.3) is 0 Å². The highest BCUT2D eigenvalue weighted by molar-refractivity contribution is 8.13. The van der Waals surface area contributed by atoms with Crippen LogP contribution >= 0.6 is 10.7 Å². The maximum absolute atomic E-state index is 11.4. The minimum atomic E-state index is -3.71. The molecule has 5 heteroatoms. The topological polar surface area (TPSA) is 43.4 Å². The Labute approximate surface area is 126 Å². The first-order chi connectivity index (χ1) is 9.16. The number of hydrogen-bond acceptors (Lipinski definition) is 3. The first-order valence-electron chi connectivity index (χ1n) is 6.88. The molecule has 0 aliphatic rings. The summed E-state index contributed by atoms with van der Waals surface area (Å²) < 4.78 is 28.7. The van der Waals surface area contributed by atoms with E-state index in [0.29, 0.717) is 6.61 Å². The third-order valence-electron chi connectivity index (χ3n) is 3.05. The normalized spacial score (nSPS) is 12.4. The van der Waals surface area contributed by atoms with E-state index in [9.17, 15) is 8.42 Å². The minimum absolute atomic E-state index is 0.116. The molecule has 0 aromatic heterocycles. The SMILES string of the molecule is CCCCCOc1ccc(S(=O)(=O)Cl)cc1C(C)(C)C. The monoisotopic (exact) mass is 318 g/mol. The molecule has 0 amide bonds. The molecule has 0 spiro atoms. The van der Waals surface area contributed by atoms with Gasteiger partial charge < -0.3 is 4.74 Å². The van der Waals surface area contributed by atoms with E-state index in [0.717, 1.165) is 30.6 Å². The summed E-state index contributed by atoms with van der Waals surface area (Å²) >= 11 is 0. The second-order valence-electron chi connectivity index (χ2n) is 5.90. The Balaban J connectivity index is 3.06. The van der Waals surface area contributed by atoms with Gasteiger partial charge in [-0.1, -0.05) is 40.5 Å². The molecule has 0 radical (unpaired) electrons. The molecule has 0 saturated heterocycles. The molecular formula is C15H23ClO3S. The predicted molar refractivity (Wildman–Crippen MR) is 83.2 cm³/mol. The summed E-state index contributed by atoms with van der Waals surface area (Å²) in [4.78, 5) is 0.116. The number of rotatable bonds is 6. The van der Waals surface area contributed by atoms with E-state index in [4.69, 9.17) is 15.4 Å². The zero-order chi connectivity index (χ0) is 15.4. The van der Waals surface area contributed by atoms with Crippen molar-refractivity contribution >= 4 is 19.7 Å². The van der Waals surface area contributed by atoms with Gasteiger partial charge in [0.2, 0.25) is 0 Å². The van der Waals surface area contributed by atoms with Gasteiger partial charge in [-0.05, 0) is 30.0 Å². The van der Waals surface area contributed by atoms with Crippen LogP contribution in [0.4, 0.5) is 0 Å². The first-order valence-corrected chi connectivity index (χ1v) is 9.19. The van der Waals surface area contributed by atoms with Crippen molar-refractivity contribution in [3.05, 3.63) is 23.8 Å². The zero-order valence-corrected chi connectivity index (χ0v) is 14.1. The largest absolute Gasteiger partial charge is 0.493 e. The Morgan fingerprint density at radius 1 is 1.20 bits per heavy atom. The molecule has 0 N–H and O–H groups in total. The Bertz CT molecular complexity index is 545. The standard InChI is InChI=1S/C15H23ClO3S/c1-5-6-7-10-19-14-9-8-12(20(16,17)18)11-13(14)15(2,3)4/h8-9,11H,5-7,10H2,1-4H3. The minimum Gasteiger partial charge on any atom is -0.493 e. The lowest BCUT2D eigenvalue weighted by atomic mass is 9.86. The van der Waals surface area contributed by atoms with Crippen molar-refractivity contribution in [1.82, 2.24) is 0 Å². The molecule has 0 fully saturated rings. The molecule has 3 nitrogen and oxygen atoms in total. The second kappa shape index (κ2) is 6.81. The van der Waals surface area contributed by atoms with Gasteiger partial charge in [-0.15, -0.1) is 0 Å². The van der Waals surface area contributed by atoms with Crippen LogP contribution in [0.5, 0.6) is 5.75 Å². The average Bonchev–Trinajstić information content (AvgIpc) is 2.32. The summed E-state index contributed by atoms with van der Waals surface area (Å²) in [5, 5.41) is 0.